The number of carbonyl (C=O) groups excluding carboxylic acids is 1. The Balaban J connectivity index is 2.04. The molecule has 0 aliphatic rings. The summed E-state index contributed by atoms with van der Waals surface area (Å²) in [4.78, 5) is 23.4. The SMILES string of the molecule is CCn1nc(C(=O)NCC(O)c2ccccc2Cl)ccc1=O. The van der Waals surface area contributed by atoms with Gasteiger partial charge in [0.05, 0.1) is 6.10 Å². The van der Waals surface area contributed by atoms with Crippen molar-refractivity contribution in [1.29, 1.82) is 0 Å². The summed E-state index contributed by atoms with van der Waals surface area (Å²) in [6, 6.07) is 9.51. The number of amides is 1. The number of aryl methyl sites for hydroxylation is 1. The number of carbonyl (C=O) groups is 1. The predicted octanol–water partition coefficient (Wildman–Crippen LogP) is 1.38. The third-order valence-electron chi connectivity index (χ3n) is 3.12. The third-order valence-corrected chi connectivity index (χ3v) is 3.46. The molecule has 0 aliphatic carbocycles. The Hall–Kier alpha value is -2.18. The molecule has 1 amide bonds. The van der Waals surface area contributed by atoms with Gasteiger partial charge >= 0.3 is 0 Å². The lowest BCUT2D eigenvalue weighted by Crippen LogP contribution is -2.32. The van der Waals surface area contributed by atoms with Gasteiger partial charge in [0.25, 0.3) is 11.5 Å². The quantitative estimate of drug-likeness (QED) is 0.871. The standard InChI is InChI=1S/C15H16ClN3O3/c1-2-19-14(21)8-7-12(18-19)15(22)17-9-13(20)10-5-3-4-6-11(10)16/h3-8,13,20H,2,9H2,1H3,(H,17,22). The summed E-state index contributed by atoms with van der Waals surface area (Å²) in [5.41, 5.74) is 0.388. The first-order chi connectivity index (χ1) is 10.5. The zero-order valence-corrected chi connectivity index (χ0v) is 12.7. The molecule has 22 heavy (non-hydrogen) atoms. The molecule has 1 heterocycles. The highest BCUT2D eigenvalue weighted by Crippen LogP contribution is 2.21. The van der Waals surface area contributed by atoms with E-state index in [2.05, 4.69) is 10.4 Å². The van der Waals surface area contributed by atoms with E-state index in [0.29, 0.717) is 17.1 Å². The van der Waals surface area contributed by atoms with Crippen LogP contribution in [0.25, 0.3) is 0 Å². The van der Waals surface area contributed by atoms with E-state index >= 15 is 0 Å². The molecule has 0 saturated heterocycles. The van der Waals surface area contributed by atoms with Crippen molar-refractivity contribution >= 4 is 17.5 Å². The van der Waals surface area contributed by atoms with Crippen LogP contribution in [0, 0.1) is 0 Å². The van der Waals surface area contributed by atoms with Crippen LogP contribution in [0.3, 0.4) is 0 Å². The van der Waals surface area contributed by atoms with Gasteiger partial charge in [0.2, 0.25) is 0 Å². The number of aliphatic hydroxyl groups is 1. The van der Waals surface area contributed by atoms with Crippen LogP contribution < -0.4 is 10.9 Å². The first-order valence-corrected chi connectivity index (χ1v) is 7.19. The largest absolute Gasteiger partial charge is 0.387 e. The summed E-state index contributed by atoms with van der Waals surface area (Å²) in [5, 5.41) is 17.0. The molecule has 1 aromatic heterocycles. The summed E-state index contributed by atoms with van der Waals surface area (Å²) < 4.78 is 1.19. The number of benzene rings is 1. The van der Waals surface area contributed by atoms with E-state index in [4.69, 9.17) is 11.6 Å². The fourth-order valence-corrected chi connectivity index (χ4v) is 2.19. The van der Waals surface area contributed by atoms with Crippen molar-refractivity contribution < 1.29 is 9.90 Å². The summed E-state index contributed by atoms with van der Waals surface area (Å²) >= 11 is 5.99. The maximum absolute atomic E-state index is 12.0. The van der Waals surface area contributed by atoms with Crippen molar-refractivity contribution in [3.63, 3.8) is 0 Å². The van der Waals surface area contributed by atoms with Gasteiger partial charge in [-0.2, -0.15) is 5.10 Å². The van der Waals surface area contributed by atoms with Crippen LogP contribution in [-0.4, -0.2) is 27.3 Å². The Morgan fingerprint density at radius 2 is 2.09 bits per heavy atom. The van der Waals surface area contributed by atoms with Crippen molar-refractivity contribution in [2.45, 2.75) is 19.6 Å². The molecule has 0 saturated carbocycles. The number of hydrogen-bond acceptors (Lipinski definition) is 4. The number of nitrogens with one attached hydrogen (secondary N) is 1. The zero-order chi connectivity index (χ0) is 16.1. The van der Waals surface area contributed by atoms with Crippen LogP contribution in [0.5, 0.6) is 0 Å². The molecule has 6 nitrogen and oxygen atoms in total. The van der Waals surface area contributed by atoms with Gasteiger partial charge in [0.15, 0.2) is 0 Å². The molecule has 1 atom stereocenters. The second kappa shape index (κ2) is 7.20. The van der Waals surface area contributed by atoms with Crippen LogP contribution in [0.2, 0.25) is 5.02 Å². The summed E-state index contributed by atoms with van der Waals surface area (Å²) in [6.07, 6.45) is -0.922. The van der Waals surface area contributed by atoms with E-state index in [0.717, 1.165) is 0 Å². The van der Waals surface area contributed by atoms with Gasteiger partial charge in [0.1, 0.15) is 5.69 Å². The molecule has 7 heteroatoms. The summed E-state index contributed by atoms with van der Waals surface area (Å²) in [5.74, 6) is -0.465. The molecule has 0 bridgehead atoms. The number of hydrogen-bond donors (Lipinski definition) is 2. The lowest BCUT2D eigenvalue weighted by Gasteiger charge is -2.13. The Kier molecular flexibility index (Phi) is 5.30. The molecular formula is C15H16ClN3O3. The van der Waals surface area contributed by atoms with E-state index in [1.54, 1.807) is 31.2 Å². The topological polar surface area (TPSA) is 84.2 Å². The Morgan fingerprint density at radius 1 is 1.36 bits per heavy atom. The van der Waals surface area contributed by atoms with Gasteiger partial charge in [-0.15, -0.1) is 0 Å². The third kappa shape index (κ3) is 3.72. The first kappa shape index (κ1) is 16.2. The van der Waals surface area contributed by atoms with Crippen LogP contribution in [0.4, 0.5) is 0 Å². The Labute approximate surface area is 132 Å². The highest BCUT2D eigenvalue weighted by molar-refractivity contribution is 6.31. The van der Waals surface area contributed by atoms with E-state index < -0.39 is 12.0 Å². The van der Waals surface area contributed by atoms with Crippen LogP contribution in [-0.2, 0) is 6.54 Å². The molecule has 116 valence electrons. The summed E-state index contributed by atoms with van der Waals surface area (Å²) in [6.45, 7) is 2.13. The monoisotopic (exact) mass is 321 g/mol. The number of rotatable bonds is 5. The predicted molar refractivity (Wildman–Crippen MR) is 82.9 cm³/mol. The van der Waals surface area contributed by atoms with Gasteiger partial charge in [0, 0.05) is 29.7 Å². The fraction of sp³-hybridized carbons (Fsp3) is 0.267. The molecule has 0 radical (unpaired) electrons. The van der Waals surface area contributed by atoms with Crippen LogP contribution in [0.15, 0.2) is 41.2 Å². The van der Waals surface area contributed by atoms with Crippen molar-refractivity contribution in [1.82, 2.24) is 15.1 Å². The second-order valence-corrected chi connectivity index (χ2v) is 5.03. The second-order valence-electron chi connectivity index (χ2n) is 4.62. The van der Waals surface area contributed by atoms with Crippen LogP contribution in [0.1, 0.15) is 29.1 Å². The average Bonchev–Trinajstić information content (AvgIpc) is 2.53. The molecule has 2 N–H and O–H groups in total. The smallest absolute Gasteiger partial charge is 0.271 e. The van der Waals surface area contributed by atoms with Gasteiger partial charge in [-0.1, -0.05) is 29.8 Å². The Morgan fingerprint density at radius 3 is 2.77 bits per heavy atom. The molecule has 0 fully saturated rings. The minimum absolute atomic E-state index is 0.00447. The van der Waals surface area contributed by atoms with E-state index in [-0.39, 0.29) is 17.8 Å². The lowest BCUT2D eigenvalue weighted by molar-refractivity contribution is 0.0909. The molecule has 1 unspecified atom stereocenters. The summed E-state index contributed by atoms with van der Waals surface area (Å²) in [7, 11) is 0. The van der Waals surface area contributed by atoms with Gasteiger partial charge < -0.3 is 10.4 Å². The lowest BCUT2D eigenvalue weighted by atomic mass is 10.1. The number of aromatic nitrogens is 2. The molecule has 0 spiro atoms. The molecule has 0 aliphatic heterocycles. The average molecular weight is 322 g/mol. The Bertz CT molecular complexity index is 730. The van der Waals surface area contributed by atoms with Gasteiger partial charge in [-0.25, -0.2) is 4.68 Å². The first-order valence-electron chi connectivity index (χ1n) is 6.81. The molecular weight excluding hydrogens is 306 g/mol. The minimum Gasteiger partial charge on any atom is -0.387 e. The van der Waals surface area contributed by atoms with E-state index in [1.165, 1.54) is 16.8 Å². The number of halogens is 1. The number of nitrogens with zero attached hydrogens (tertiary/aromatic N) is 2. The van der Waals surface area contributed by atoms with Crippen molar-refractivity contribution in [3.05, 3.63) is 63.0 Å². The van der Waals surface area contributed by atoms with Crippen molar-refractivity contribution in [2.75, 3.05) is 6.54 Å². The van der Waals surface area contributed by atoms with Gasteiger partial charge in [-0.05, 0) is 19.1 Å². The molecule has 1 aromatic carbocycles. The maximum Gasteiger partial charge on any atom is 0.271 e. The zero-order valence-electron chi connectivity index (χ0n) is 12.0. The van der Waals surface area contributed by atoms with Crippen molar-refractivity contribution in [2.24, 2.45) is 0 Å². The van der Waals surface area contributed by atoms with Crippen molar-refractivity contribution in [3.8, 4) is 0 Å². The maximum atomic E-state index is 12.0. The molecule has 2 rings (SSSR count). The fourth-order valence-electron chi connectivity index (χ4n) is 1.93. The normalized spacial score (nSPS) is 12.0. The highest BCUT2D eigenvalue weighted by Gasteiger charge is 2.14. The van der Waals surface area contributed by atoms with E-state index in [1.807, 2.05) is 0 Å². The van der Waals surface area contributed by atoms with Crippen LogP contribution >= 0.6 is 11.6 Å². The van der Waals surface area contributed by atoms with Gasteiger partial charge in [-0.3, -0.25) is 9.59 Å². The minimum atomic E-state index is -0.922. The number of aliphatic hydroxyl groups excluding tert-OH is 1. The highest BCUT2D eigenvalue weighted by atomic mass is 35.5. The molecule has 2 aromatic rings. The van der Waals surface area contributed by atoms with E-state index in [9.17, 15) is 14.7 Å².